The number of nitrogens with one attached hydrogen (secondary N) is 1. The Labute approximate surface area is 120 Å². The van der Waals surface area contributed by atoms with E-state index in [1.165, 1.54) is 11.1 Å². The average Bonchev–Trinajstić information content (AvgIpc) is 2.96. The third-order valence-electron chi connectivity index (χ3n) is 3.45. The molecule has 1 atom stereocenters. The van der Waals surface area contributed by atoms with E-state index in [2.05, 4.69) is 46.9 Å². The monoisotopic (exact) mass is 273 g/mol. The van der Waals surface area contributed by atoms with Gasteiger partial charge in [-0.2, -0.15) is 0 Å². The molecule has 1 N–H and O–H groups in total. The molecule has 4 heteroatoms. The number of rotatable bonds is 7. The van der Waals surface area contributed by atoms with E-state index in [4.69, 9.17) is 4.74 Å². The fraction of sp³-hybridized carbons (Fsp3) is 0.438. The van der Waals surface area contributed by atoms with Crippen molar-refractivity contribution in [3.8, 4) is 5.75 Å². The van der Waals surface area contributed by atoms with Crippen LogP contribution >= 0.6 is 0 Å². The molecule has 0 saturated heterocycles. The zero-order valence-electron chi connectivity index (χ0n) is 12.5. The number of ether oxygens (including phenoxy) is 1. The van der Waals surface area contributed by atoms with E-state index in [0.717, 1.165) is 18.7 Å². The molecular formula is C16H23N3O. The Morgan fingerprint density at radius 3 is 2.95 bits per heavy atom. The summed E-state index contributed by atoms with van der Waals surface area (Å²) < 4.78 is 8.03. The zero-order valence-corrected chi connectivity index (χ0v) is 12.5. The minimum Gasteiger partial charge on any atom is -0.493 e. The molecule has 0 aliphatic heterocycles. The number of hydrogen-bond acceptors (Lipinski definition) is 3. The Bertz CT molecular complexity index is 523. The van der Waals surface area contributed by atoms with Gasteiger partial charge in [0.25, 0.3) is 0 Å². The van der Waals surface area contributed by atoms with Crippen molar-refractivity contribution in [1.29, 1.82) is 0 Å². The highest BCUT2D eigenvalue weighted by Gasteiger charge is 2.10. The second-order valence-corrected chi connectivity index (χ2v) is 5.05. The number of imidazole rings is 1. The van der Waals surface area contributed by atoms with Crippen molar-refractivity contribution < 1.29 is 4.74 Å². The molecule has 0 bridgehead atoms. The van der Waals surface area contributed by atoms with Crippen LogP contribution in [0.25, 0.3) is 0 Å². The lowest BCUT2D eigenvalue weighted by molar-refractivity contribution is 0.296. The molecule has 0 saturated carbocycles. The molecule has 108 valence electrons. The number of nitrogens with zero attached hydrogens (tertiary/aromatic N) is 2. The third kappa shape index (κ3) is 3.84. The SMILES string of the molecule is CNC(C)c1ccc(C)cc1OCCCn1ccnc1. The molecule has 1 heterocycles. The first-order valence-corrected chi connectivity index (χ1v) is 7.07. The molecule has 20 heavy (non-hydrogen) atoms. The maximum atomic E-state index is 5.97. The van der Waals surface area contributed by atoms with Gasteiger partial charge in [0.05, 0.1) is 12.9 Å². The average molecular weight is 273 g/mol. The van der Waals surface area contributed by atoms with Crippen LogP contribution in [-0.2, 0) is 6.54 Å². The predicted octanol–water partition coefficient (Wildman–Crippen LogP) is 2.94. The smallest absolute Gasteiger partial charge is 0.124 e. The van der Waals surface area contributed by atoms with Crippen LogP contribution in [0.1, 0.15) is 30.5 Å². The number of hydrogen-bond donors (Lipinski definition) is 1. The van der Waals surface area contributed by atoms with Crippen LogP contribution in [0.15, 0.2) is 36.9 Å². The molecule has 2 aromatic rings. The van der Waals surface area contributed by atoms with Crippen molar-refractivity contribution in [3.63, 3.8) is 0 Å². The van der Waals surface area contributed by atoms with Gasteiger partial charge in [0, 0.05) is 30.5 Å². The second kappa shape index (κ2) is 7.10. The Hall–Kier alpha value is -1.81. The summed E-state index contributed by atoms with van der Waals surface area (Å²) in [5.74, 6) is 0.984. The third-order valence-corrected chi connectivity index (χ3v) is 3.45. The Morgan fingerprint density at radius 1 is 1.40 bits per heavy atom. The fourth-order valence-corrected chi connectivity index (χ4v) is 2.13. The highest BCUT2D eigenvalue weighted by Crippen LogP contribution is 2.26. The van der Waals surface area contributed by atoms with Crippen molar-refractivity contribution >= 4 is 0 Å². The van der Waals surface area contributed by atoms with E-state index in [-0.39, 0.29) is 0 Å². The maximum absolute atomic E-state index is 5.97. The van der Waals surface area contributed by atoms with E-state index in [9.17, 15) is 0 Å². The van der Waals surface area contributed by atoms with Crippen LogP contribution in [0, 0.1) is 6.92 Å². The van der Waals surface area contributed by atoms with Gasteiger partial charge in [-0.25, -0.2) is 4.98 Å². The first-order valence-electron chi connectivity index (χ1n) is 7.07. The van der Waals surface area contributed by atoms with E-state index in [0.29, 0.717) is 12.6 Å². The van der Waals surface area contributed by atoms with Crippen LogP contribution < -0.4 is 10.1 Å². The lowest BCUT2D eigenvalue weighted by Crippen LogP contribution is -2.14. The molecule has 0 aliphatic rings. The quantitative estimate of drug-likeness (QED) is 0.788. The van der Waals surface area contributed by atoms with Crippen molar-refractivity contribution in [2.24, 2.45) is 0 Å². The molecule has 0 radical (unpaired) electrons. The van der Waals surface area contributed by atoms with Crippen LogP contribution in [0.2, 0.25) is 0 Å². The summed E-state index contributed by atoms with van der Waals surface area (Å²) in [7, 11) is 1.97. The molecule has 0 spiro atoms. The van der Waals surface area contributed by atoms with Crippen LogP contribution in [0.5, 0.6) is 5.75 Å². The van der Waals surface area contributed by atoms with Crippen molar-refractivity contribution in [2.75, 3.05) is 13.7 Å². The molecule has 0 fully saturated rings. The van der Waals surface area contributed by atoms with Crippen molar-refractivity contribution in [2.45, 2.75) is 32.9 Å². The van der Waals surface area contributed by atoms with Crippen LogP contribution in [-0.4, -0.2) is 23.2 Å². The molecular weight excluding hydrogens is 250 g/mol. The topological polar surface area (TPSA) is 39.1 Å². The largest absolute Gasteiger partial charge is 0.493 e. The van der Waals surface area contributed by atoms with Gasteiger partial charge < -0.3 is 14.6 Å². The first kappa shape index (κ1) is 14.6. The van der Waals surface area contributed by atoms with Gasteiger partial charge in [-0.3, -0.25) is 0 Å². The highest BCUT2D eigenvalue weighted by molar-refractivity contribution is 5.39. The van der Waals surface area contributed by atoms with Crippen molar-refractivity contribution in [3.05, 3.63) is 48.0 Å². The van der Waals surface area contributed by atoms with E-state index in [1.54, 1.807) is 6.20 Å². The first-order chi connectivity index (χ1) is 9.70. The fourth-order valence-electron chi connectivity index (χ4n) is 2.13. The van der Waals surface area contributed by atoms with Crippen LogP contribution in [0.3, 0.4) is 0 Å². The lowest BCUT2D eigenvalue weighted by Gasteiger charge is -2.17. The van der Waals surface area contributed by atoms with Gasteiger partial charge in [-0.1, -0.05) is 12.1 Å². The van der Waals surface area contributed by atoms with E-state index < -0.39 is 0 Å². The summed E-state index contributed by atoms with van der Waals surface area (Å²) in [6.07, 6.45) is 6.58. The normalized spacial score (nSPS) is 12.3. The Morgan fingerprint density at radius 2 is 2.25 bits per heavy atom. The van der Waals surface area contributed by atoms with Crippen molar-refractivity contribution in [1.82, 2.24) is 14.9 Å². The highest BCUT2D eigenvalue weighted by atomic mass is 16.5. The van der Waals surface area contributed by atoms with Gasteiger partial charge in [-0.15, -0.1) is 0 Å². The molecule has 1 aromatic carbocycles. The summed E-state index contributed by atoms with van der Waals surface area (Å²) in [6.45, 7) is 5.88. The lowest BCUT2D eigenvalue weighted by atomic mass is 10.1. The molecule has 1 aromatic heterocycles. The number of benzene rings is 1. The standard InChI is InChI=1S/C16H23N3O/c1-13-5-6-15(14(2)17-3)16(11-13)20-10-4-8-19-9-7-18-12-19/h5-7,9,11-12,14,17H,4,8,10H2,1-3H3. The van der Waals surface area contributed by atoms with E-state index >= 15 is 0 Å². The molecule has 2 rings (SSSR count). The Kier molecular flexibility index (Phi) is 5.18. The number of aryl methyl sites for hydroxylation is 2. The molecule has 4 nitrogen and oxygen atoms in total. The van der Waals surface area contributed by atoms with Gasteiger partial charge in [0.2, 0.25) is 0 Å². The van der Waals surface area contributed by atoms with Gasteiger partial charge in [-0.05, 0) is 38.9 Å². The minimum absolute atomic E-state index is 0.291. The molecule has 0 aliphatic carbocycles. The van der Waals surface area contributed by atoms with Gasteiger partial charge in [0.1, 0.15) is 5.75 Å². The summed E-state index contributed by atoms with van der Waals surface area (Å²) in [6, 6.07) is 6.67. The minimum atomic E-state index is 0.291. The summed E-state index contributed by atoms with van der Waals surface area (Å²) in [4.78, 5) is 4.03. The van der Waals surface area contributed by atoms with Crippen LogP contribution in [0.4, 0.5) is 0 Å². The second-order valence-electron chi connectivity index (χ2n) is 5.05. The maximum Gasteiger partial charge on any atom is 0.124 e. The summed E-state index contributed by atoms with van der Waals surface area (Å²) in [5.41, 5.74) is 2.43. The van der Waals surface area contributed by atoms with Gasteiger partial charge >= 0.3 is 0 Å². The van der Waals surface area contributed by atoms with E-state index in [1.807, 2.05) is 19.6 Å². The molecule has 1 unspecified atom stereocenters. The Balaban J connectivity index is 1.92. The van der Waals surface area contributed by atoms with Gasteiger partial charge in [0.15, 0.2) is 0 Å². The zero-order chi connectivity index (χ0) is 14.4. The summed E-state index contributed by atoms with van der Waals surface area (Å²) >= 11 is 0. The number of aromatic nitrogens is 2. The predicted molar refractivity (Wildman–Crippen MR) is 81.0 cm³/mol. The summed E-state index contributed by atoms with van der Waals surface area (Å²) in [5, 5.41) is 3.26. The molecule has 0 amide bonds.